The monoisotopic (exact) mass is 273 g/mol. The summed E-state index contributed by atoms with van der Waals surface area (Å²) in [5.41, 5.74) is 2.31. The third kappa shape index (κ3) is 3.27. The van der Waals surface area contributed by atoms with E-state index in [0.717, 1.165) is 16.8 Å². The van der Waals surface area contributed by atoms with Gasteiger partial charge in [-0.25, -0.2) is 4.57 Å². The van der Waals surface area contributed by atoms with Crippen LogP contribution >= 0.6 is 0 Å². The summed E-state index contributed by atoms with van der Waals surface area (Å²) in [6, 6.07) is 9.41. The van der Waals surface area contributed by atoms with Crippen LogP contribution < -0.4 is 4.57 Å². The Labute approximate surface area is 130 Å². The van der Waals surface area contributed by atoms with E-state index in [1.165, 1.54) is 0 Å². The van der Waals surface area contributed by atoms with Gasteiger partial charge < -0.3 is 0 Å². The molecular weight excluding hydrogens is 242 g/mol. The molecule has 1 heterocycles. The van der Waals surface area contributed by atoms with Crippen molar-refractivity contribution in [3.8, 4) is 11.3 Å². The van der Waals surface area contributed by atoms with Crippen molar-refractivity contribution in [1.29, 1.82) is 0 Å². The lowest BCUT2D eigenvalue weighted by Gasteiger charge is -2.19. The molecule has 0 bridgehead atoms. The fourth-order valence-corrected chi connectivity index (χ4v) is 2.28. The molecule has 2 aromatic rings. The quantitative estimate of drug-likeness (QED) is 0.715. The van der Waals surface area contributed by atoms with Crippen molar-refractivity contribution in [2.75, 3.05) is 0 Å². The lowest BCUT2D eigenvalue weighted by Crippen LogP contribution is -2.32. The average molecular weight is 273 g/mol. The molecule has 0 unspecified atom stereocenters. The minimum atomic E-state index is -2.39. The van der Waals surface area contributed by atoms with Gasteiger partial charge in [0.15, 0.2) is 6.20 Å². The zero-order valence-electron chi connectivity index (χ0n) is 17.9. The van der Waals surface area contributed by atoms with Gasteiger partial charge in [-0.15, -0.1) is 0 Å². The van der Waals surface area contributed by atoms with Crippen molar-refractivity contribution in [3.63, 3.8) is 0 Å². The summed E-state index contributed by atoms with van der Waals surface area (Å²) in [6.45, 7) is 4.94. The Morgan fingerprint density at radius 1 is 1.20 bits per heavy atom. The summed E-state index contributed by atoms with van der Waals surface area (Å²) >= 11 is 0. The summed E-state index contributed by atoms with van der Waals surface area (Å²) < 4.78 is 42.7. The summed E-state index contributed by atoms with van der Waals surface area (Å²) in [5, 5.41) is 0. The summed E-state index contributed by atoms with van der Waals surface area (Å²) in [4.78, 5) is 0. The topological polar surface area (TPSA) is 3.88 Å². The fourth-order valence-electron chi connectivity index (χ4n) is 2.28. The van der Waals surface area contributed by atoms with Crippen LogP contribution in [0.3, 0.4) is 0 Å². The molecule has 0 saturated heterocycles. The number of aryl methyl sites for hydroxylation is 3. The minimum absolute atomic E-state index is 0.0729. The van der Waals surface area contributed by atoms with Crippen LogP contribution in [0.1, 0.15) is 44.3 Å². The van der Waals surface area contributed by atoms with E-state index in [-0.39, 0.29) is 11.1 Å². The Bertz CT molecular complexity index is 785. The predicted octanol–water partition coefficient (Wildman–Crippen LogP) is 4.38. The maximum Gasteiger partial charge on any atom is 0.212 e. The van der Waals surface area contributed by atoms with Crippen LogP contribution in [0.25, 0.3) is 11.3 Å². The smallest absolute Gasteiger partial charge is 0.201 e. The van der Waals surface area contributed by atoms with Gasteiger partial charge in [0.05, 0.1) is 0 Å². The van der Waals surface area contributed by atoms with E-state index in [9.17, 15) is 0 Å². The first-order valence-corrected chi connectivity index (χ1v) is 6.87. The molecule has 1 nitrogen and oxygen atoms in total. The second-order valence-corrected chi connectivity index (χ2v) is 6.29. The van der Waals surface area contributed by atoms with Gasteiger partial charge in [-0.2, -0.15) is 0 Å². The number of hydrogen-bond acceptors (Lipinski definition) is 0. The van der Waals surface area contributed by atoms with E-state index in [0.29, 0.717) is 0 Å². The molecule has 0 radical (unpaired) electrons. The molecule has 1 aromatic carbocycles. The molecule has 0 aliphatic heterocycles. The SMILES string of the molecule is [2H]C([2H])([2H])c1cc(-c2ccccc2C)[n+](C)cc1C([2H])([2H])C(C)(C)C. The third-order valence-corrected chi connectivity index (χ3v) is 3.20. The molecule has 0 N–H and O–H groups in total. The second-order valence-electron chi connectivity index (χ2n) is 6.29. The van der Waals surface area contributed by atoms with Gasteiger partial charge in [-0.05, 0) is 42.8 Å². The van der Waals surface area contributed by atoms with Gasteiger partial charge in [-0.3, -0.25) is 0 Å². The van der Waals surface area contributed by atoms with E-state index in [2.05, 4.69) is 0 Å². The molecule has 0 aliphatic rings. The van der Waals surface area contributed by atoms with Crippen LogP contribution in [0.15, 0.2) is 36.5 Å². The number of rotatable bonds is 2. The highest BCUT2D eigenvalue weighted by atomic mass is 14.9. The van der Waals surface area contributed by atoms with Crippen molar-refractivity contribution in [3.05, 3.63) is 53.2 Å². The predicted molar refractivity (Wildman–Crippen MR) is 85.7 cm³/mol. The molecule has 2 rings (SSSR count). The molecule has 0 atom stereocenters. The fraction of sp³-hybridized carbons (Fsp3) is 0.421. The lowest BCUT2D eigenvalue weighted by atomic mass is 9.87. The van der Waals surface area contributed by atoms with Crippen LogP contribution in [0.4, 0.5) is 0 Å². The highest BCUT2D eigenvalue weighted by Gasteiger charge is 2.19. The number of pyridine rings is 1. The Hall–Kier alpha value is -1.63. The molecule has 1 aromatic heterocycles. The van der Waals surface area contributed by atoms with Gasteiger partial charge in [0.25, 0.3) is 0 Å². The highest BCUT2D eigenvalue weighted by molar-refractivity contribution is 5.61. The molecule has 0 spiro atoms. The first kappa shape index (κ1) is 9.33. The van der Waals surface area contributed by atoms with Gasteiger partial charge in [0.1, 0.15) is 7.05 Å². The van der Waals surface area contributed by atoms with E-state index in [1.54, 1.807) is 33.0 Å². The third-order valence-electron chi connectivity index (χ3n) is 3.20. The van der Waals surface area contributed by atoms with E-state index in [4.69, 9.17) is 6.85 Å². The number of nitrogens with zero attached hydrogens (tertiary/aromatic N) is 1. The molecule has 0 amide bonds. The van der Waals surface area contributed by atoms with Gasteiger partial charge in [0, 0.05) is 24.0 Å². The summed E-state index contributed by atoms with van der Waals surface area (Å²) in [7, 11) is 1.83. The van der Waals surface area contributed by atoms with Crippen molar-refractivity contribution < 1.29 is 11.4 Å². The average Bonchev–Trinajstić information content (AvgIpc) is 2.45. The van der Waals surface area contributed by atoms with E-state index >= 15 is 0 Å². The van der Waals surface area contributed by atoms with Gasteiger partial charge >= 0.3 is 0 Å². The maximum atomic E-state index is 8.56. The summed E-state index contributed by atoms with van der Waals surface area (Å²) in [6.07, 6.45) is -0.145. The van der Waals surface area contributed by atoms with Crippen LogP contribution in [-0.4, -0.2) is 0 Å². The number of aromatic nitrogens is 1. The Kier molecular flexibility index (Phi) is 2.52. The minimum Gasteiger partial charge on any atom is -0.201 e. The first-order chi connectivity index (χ1) is 11.3. The molecule has 20 heavy (non-hydrogen) atoms. The van der Waals surface area contributed by atoms with Crippen molar-refractivity contribution >= 4 is 0 Å². The molecule has 0 saturated carbocycles. The maximum absolute atomic E-state index is 8.56. The van der Waals surface area contributed by atoms with E-state index < -0.39 is 18.6 Å². The van der Waals surface area contributed by atoms with Crippen LogP contribution in [0, 0.1) is 19.2 Å². The number of hydrogen-bond donors (Lipinski definition) is 0. The van der Waals surface area contributed by atoms with Crippen molar-refractivity contribution in [2.24, 2.45) is 12.5 Å². The van der Waals surface area contributed by atoms with E-state index in [1.807, 2.05) is 42.8 Å². The normalized spacial score (nSPS) is 16.8. The van der Waals surface area contributed by atoms with Crippen LogP contribution in [0.5, 0.6) is 0 Å². The molecule has 0 aliphatic carbocycles. The van der Waals surface area contributed by atoms with Crippen LogP contribution in [-0.2, 0) is 13.4 Å². The Morgan fingerprint density at radius 3 is 2.50 bits per heavy atom. The molecular formula is C19H26N+. The summed E-state index contributed by atoms with van der Waals surface area (Å²) in [5.74, 6) is 0. The lowest BCUT2D eigenvalue weighted by molar-refractivity contribution is -0.660. The Balaban J connectivity index is 2.82. The van der Waals surface area contributed by atoms with Crippen molar-refractivity contribution in [1.82, 2.24) is 0 Å². The second kappa shape index (κ2) is 5.40. The number of benzene rings is 1. The van der Waals surface area contributed by atoms with Gasteiger partial charge in [-0.1, -0.05) is 39.0 Å². The van der Waals surface area contributed by atoms with Crippen LogP contribution in [0.2, 0.25) is 0 Å². The highest BCUT2D eigenvalue weighted by Crippen LogP contribution is 2.25. The standard InChI is InChI=1S/C19H26N/c1-14-9-7-8-10-17(14)18-11-15(2)16(13-20(18)6)12-19(3,4)5/h7-11,13H,12H2,1-6H3/q+1/i2D3,12D2. The molecule has 1 heteroatoms. The largest absolute Gasteiger partial charge is 0.212 e. The van der Waals surface area contributed by atoms with Gasteiger partial charge in [0.2, 0.25) is 5.69 Å². The first-order valence-electron chi connectivity index (χ1n) is 9.37. The molecule has 106 valence electrons. The zero-order valence-corrected chi connectivity index (χ0v) is 12.9. The zero-order chi connectivity index (χ0) is 19.2. The Morgan fingerprint density at radius 2 is 1.90 bits per heavy atom. The molecule has 0 fully saturated rings. The van der Waals surface area contributed by atoms with Crippen molar-refractivity contribution in [2.45, 2.75) is 40.9 Å².